The van der Waals surface area contributed by atoms with Gasteiger partial charge in [-0.3, -0.25) is 4.99 Å². The second-order valence-corrected chi connectivity index (χ2v) is 6.83. The van der Waals surface area contributed by atoms with Gasteiger partial charge < -0.3 is 16.0 Å². The molecule has 116 valence electrons. The van der Waals surface area contributed by atoms with Gasteiger partial charge in [0, 0.05) is 12.6 Å². The molecule has 2 saturated carbocycles. The topological polar surface area (TPSA) is 53.6 Å². The first kappa shape index (κ1) is 15.6. The Kier molecular flexibility index (Phi) is 6.14. The fourth-order valence-corrected chi connectivity index (χ4v) is 3.45. The molecule has 4 nitrogen and oxygen atoms in total. The number of hydrogen-bond donors (Lipinski definition) is 2. The summed E-state index contributed by atoms with van der Waals surface area (Å²) in [5.74, 6) is 2.26. The van der Waals surface area contributed by atoms with Crippen molar-refractivity contribution in [3.63, 3.8) is 0 Å². The minimum absolute atomic E-state index is 0.541. The summed E-state index contributed by atoms with van der Waals surface area (Å²) in [6.45, 7) is 1.84. The van der Waals surface area contributed by atoms with Gasteiger partial charge in [0.2, 0.25) is 0 Å². The standard InChI is InChI=1S/C16H32N4/c1-20(2)15(14-9-4-3-5-10-14)12-19-16(17)18-11-13-7-6-8-13/h13-15H,3-12H2,1-2H3,(H3,17,18,19). The van der Waals surface area contributed by atoms with Crippen molar-refractivity contribution in [1.82, 2.24) is 10.2 Å². The third-order valence-electron chi connectivity index (χ3n) is 5.10. The molecule has 0 amide bonds. The van der Waals surface area contributed by atoms with E-state index in [1.54, 1.807) is 0 Å². The van der Waals surface area contributed by atoms with Gasteiger partial charge in [-0.2, -0.15) is 0 Å². The van der Waals surface area contributed by atoms with Crippen molar-refractivity contribution in [1.29, 1.82) is 0 Å². The van der Waals surface area contributed by atoms with Crippen molar-refractivity contribution in [3.8, 4) is 0 Å². The van der Waals surface area contributed by atoms with Gasteiger partial charge in [0.15, 0.2) is 5.96 Å². The van der Waals surface area contributed by atoms with Crippen LogP contribution in [0.4, 0.5) is 0 Å². The maximum atomic E-state index is 6.00. The van der Waals surface area contributed by atoms with E-state index in [-0.39, 0.29) is 0 Å². The summed E-state index contributed by atoms with van der Waals surface area (Å²) in [4.78, 5) is 6.92. The number of aliphatic imine (C=N–C) groups is 1. The normalized spacial score (nSPS) is 23.6. The highest BCUT2D eigenvalue weighted by Gasteiger charge is 2.25. The van der Waals surface area contributed by atoms with Crippen LogP contribution < -0.4 is 11.1 Å². The first-order valence-electron chi connectivity index (χ1n) is 8.37. The van der Waals surface area contributed by atoms with Crippen LogP contribution in [0.5, 0.6) is 0 Å². The Labute approximate surface area is 124 Å². The van der Waals surface area contributed by atoms with Crippen LogP contribution in [0.3, 0.4) is 0 Å². The van der Waals surface area contributed by atoms with E-state index in [0.29, 0.717) is 12.0 Å². The van der Waals surface area contributed by atoms with Crippen LogP contribution in [0.15, 0.2) is 4.99 Å². The average Bonchev–Trinajstić information content (AvgIpc) is 2.38. The molecule has 0 aromatic carbocycles. The maximum Gasteiger partial charge on any atom is 0.188 e. The summed E-state index contributed by atoms with van der Waals surface area (Å²) in [7, 11) is 4.35. The molecule has 0 aliphatic heterocycles. The zero-order chi connectivity index (χ0) is 14.4. The van der Waals surface area contributed by atoms with Gasteiger partial charge >= 0.3 is 0 Å². The molecule has 2 aliphatic carbocycles. The van der Waals surface area contributed by atoms with Crippen molar-refractivity contribution in [2.75, 3.05) is 27.2 Å². The highest BCUT2D eigenvalue weighted by molar-refractivity contribution is 5.77. The molecule has 0 radical (unpaired) electrons. The third kappa shape index (κ3) is 4.65. The molecule has 2 fully saturated rings. The molecule has 0 heterocycles. The number of nitrogens with one attached hydrogen (secondary N) is 1. The van der Waals surface area contributed by atoms with Crippen molar-refractivity contribution in [2.45, 2.75) is 57.4 Å². The molecule has 3 N–H and O–H groups in total. The second kappa shape index (κ2) is 7.87. The molecule has 2 rings (SSSR count). The van der Waals surface area contributed by atoms with Crippen LogP contribution in [-0.4, -0.2) is 44.1 Å². The molecule has 1 atom stereocenters. The lowest BCUT2D eigenvalue weighted by Crippen LogP contribution is -2.41. The van der Waals surface area contributed by atoms with E-state index in [0.717, 1.165) is 24.9 Å². The van der Waals surface area contributed by atoms with Crippen LogP contribution in [0.1, 0.15) is 51.4 Å². The van der Waals surface area contributed by atoms with Crippen molar-refractivity contribution in [3.05, 3.63) is 0 Å². The largest absolute Gasteiger partial charge is 0.370 e. The molecule has 0 spiro atoms. The Morgan fingerprint density at radius 3 is 2.40 bits per heavy atom. The number of nitrogens with two attached hydrogens (primary N) is 1. The van der Waals surface area contributed by atoms with Gasteiger partial charge in [-0.1, -0.05) is 25.7 Å². The lowest BCUT2D eigenvalue weighted by molar-refractivity contribution is 0.176. The zero-order valence-corrected chi connectivity index (χ0v) is 13.3. The number of nitrogens with zero attached hydrogens (tertiary/aromatic N) is 2. The van der Waals surface area contributed by atoms with Crippen LogP contribution in [-0.2, 0) is 0 Å². The summed E-state index contributed by atoms with van der Waals surface area (Å²) < 4.78 is 0. The van der Waals surface area contributed by atoms with Crippen molar-refractivity contribution in [2.24, 2.45) is 22.6 Å². The number of likely N-dealkylation sites (N-methyl/N-ethyl adjacent to an activating group) is 1. The highest BCUT2D eigenvalue weighted by Crippen LogP contribution is 2.28. The summed E-state index contributed by atoms with van der Waals surface area (Å²) in [6, 6.07) is 0.541. The van der Waals surface area contributed by atoms with Crippen LogP contribution in [0.2, 0.25) is 0 Å². The Morgan fingerprint density at radius 1 is 1.15 bits per heavy atom. The fraction of sp³-hybridized carbons (Fsp3) is 0.938. The quantitative estimate of drug-likeness (QED) is 0.579. The van der Waals surface area contributed by atoms with E-state index in [4.69, 9.17) is 5.73 Å². The van der Waals surface area contributed by atoms with E-state index in [9.17, 15) is 0 Å². The molecular formula is C16H32N4. The van der Waals surface area contributed by atoms with Gasteiger partial charge in [0.05, 0.1) is 6.54 Å². The molecule has 2 aliphatic rings. The van der Waals surface area contributed by atoms with Gasteiger partial charge in [-0.25, -0.2) is 0 Å². The molecular weight excluding hydrogens is 248 g/mol. The van der Waals surface area contributed by atoms with Crippen molar-refractivity contribution >= 4 is 5.96 Å². The van der Waals surface area contributed by atoms with Crippen LogP contribution in [0, 0.1) is 11.8 Å². The molecule has 0 aromatic heterocycles. The molecule has 0 saturated heterocycles. The molecule has 0 aromatic rings. The minimum atomic E-state index is 0.541. The van der Waals surface area contributed by atoms with Crippen LogP contribution in [0.25, 0.3) is 0 Å². The number of hydrogen-bond acceptors (Lipinski definition) is 2. The van der Waals surface area contributed by atoms with E-state index in [1.165, 1.54) is 51.4 Å². The van der Waals surface area contributed by atoms with E-state index in [2.05, 4.69) is 29.3 Å². The fourth-order valence-electron chi connectivity index (χ4n) is 3.45. The van der Waals surface area contributed by atoms with E-state index < -0.39 is 0 Å². The van der Waals surface area contributed by atoms with E-state index >= 15 is 0 Å². The predicted octanol–water partition coefficient (Wildman–Crippen LogP) is 2.20. The zero-order valence-electron chi connectivity index (χ0n) is 13.3. The average molecular weight is 280 g/mol. The Balaban J connectivity index is 1.77. The molecule has 0 bridgehead atoms. The lowest BCUT2D eigenvalue weighted by atomic mass is 9.83. The SMILES string of the molecule is CN(C)C(CN=C(N)NCC1CCC1)C1CCCCC1. The van der Waals surface area contributed by atoms with Gasteiger partial charge in [0.1, 0.15) is 0 Å². The number of rotatable bonds is 6. The highest BCUT2D eigenvalue weighted by atomic mass is 15.1. The molecule has 1 unspecified atom stereocenters. The Bertz CT molecular complexity index is 304. The van der Waals surface area contributed by atoms with Gasteiger partial charge in [0.25, 0.3) is 0 Å². The summed E-state index contributed by atoms with van der Waals surface area (Å²) >= 11 is 0. The van der Waals surface area contributed by atoms with Gasteiger partial charge in [-0.15, -0.1) is 0 Å². The number of guanidine groups is 1. The molecule has 20 heavy (non-hydrogen) atoms. The smallest absolute Gasteiger partial charge is 0.188 e. The Morgan fingerprint density at radius 2 is 1.85 bits per heavy atom. The Hall–Kier alpha value is -0.770. The third-order valence-corrected chi connectivity index (χ3v) is 5.10. The summed E-state index contributed by atoms with van der Waals surface area (Å²) in [5, 5.41) is 3.29. The predicted molar refractivity (Wildman–Crippen MR) is 85.9 cm³/mol. The monoisotopic (exact) mass is 280 g/mol. The van der Waals surface area contributed by atoms with Crippen molar-refractivity contribution < 1.29 is 0 Å². The lowest BCUT2D eigenvalue weighted by Gasteiger charge is -2.34. The summed E-state index contributed by atoms with van der Waals surface area (Å²) in [5.41, 5.74) is 6.00. The molecule has 4 heteroatoms. The van der Waals surface area contributed by atoms with Crippen LogP contribution >= 0.6 is 0 Å². The second-order valence-electron chi connectivity index (χ2n) is 6.83. The minimum Gasteiger partial charge on any atom is -0.370 e. The van der Waals surface area contributed by atoms with Gasteiger partial charge in [-0.05, 0) is 51.6 Å². The van der Waals surface area contributed by atoms with E-state index in [1.807, 2.05) is 0 Å². The summed E-state index contributed by atoms with van der Waals surface area (Å²) in [6.07, 6.45) is 11.0. The first-order valence-corrected chi connectivity index (χ1v) is 8.37. The first-order chi connectivity index (χ1) is 9.66. The maximum absolute atomic E-state index is 6.00.